The summed E-state index contributed by atoms with van der Waals surface area (Å²) in [5.74, 6) is 1.05. The van der Waals surface area contributed by atoms with Gasteiger partial charge in [0.15, 0.2) is 5.82 Å². The van der Waals surface area contributed by atoms with E-state index in [0.717, 1.165) is 5.56 Å². The molecule has 0 aliphatic rings. The Morgan fingerprint density at radius 3 is 2.47 bits per heavy atom. The maximum Gasteiger partial charge on any atom is 0.257 e. The van der Waals surface area contributed by atoms with Crippen molar-refractivity contribution >= 4 is 12.4 Å². The van der Waals surface area contributed by atoms with Crippen LogP contribution in [0.15, 0.2) is 28.8 Å². The Labute approximate surface area is 93.9 Å². The Kier molecular flexibility index (Phi) is 3.82. The highest BCUT2D eigenvalue weighted by Crippen LogP contribution is 2.17. The molecule has 0 saturated heterocycles. The standard InChI is InChI=1S/C10H11N3O.ClH/c1-7-2-4-8(5-3-7)10-12-9(6-11)13-14-10;/h2-5H,6,11H2,1H3;1H. The normalized spacial score (nSPS) is 9.73. The number of nitrogens with zero attached hydrogens (tertiary/aromatic N) is 2. The number of aryl methyl sites for hydroxylation is 1. The van der Waals surface area contributed by atoms with E-state index >= 15 is 0 Å². The van der Waals surface area contributed by atoms with Crippen LogP contribution in [0.5, 0.6) is 0 Å². The molecule has 0 aliphatic heterocycles. The van der Waals surface area contributed by atoms with Crippen molar-refractivity contribution in [2.45, 2.75) is 13.5 Å². The number of hydrogen-bond acceptors (Lipinski definition) is 4. The molecule has 0 fully saturated rings. The second-order valence-electron chi connectivity index (χ2n) is 3.09. The Morgan fingerprint density at radius 2 is 1.93 bits per heavy atom. The van der Waals surface area contributed by atoms with E-state index in [9.17, 15) is 0 Å². The average Bonchev–Trinajstić information content (AvgIpc) is 2.67. The minimum Gasteiger partial charge on any atom is -0.334 e. The lowest BCUT2D eigenvalue weighted by atomic mass is 10.1. The van der Waals surface area contributed by atoms with Gasteiger partial charge in [0.05, 0.1) is 6.54 Å². The van der Waals surface area contributed by atoms with Gasteiger partial charge in [-0.25, -0.2) is 0 Å². The van der Waals surface area contributed by atoms with Crippen LogP contribution in [0.25, 0.3) is 11.5 Å². The molecule has 0 radical (unpaired) electrons. The highest BCUT2D eigenvalue weighted by Gasteiger charge is 2.06. The molecule has 1 heterocycles. The maximum absolute atomic E-state index is 5.38. The number of aromatic nitrogens is 2. The lowest BCUT2D eigenvalue weighted by molar-refractivity contribution is 0.423. The minimum absolute atomic E-state index is 0. The zero-order valence-corrected chi connectivity index (χ0v) is 9.12. The fourth-order valence-corrected chi connectivity index (χ4v) is 1.15. The molecule has 0 amide bonds. The van der Waals surface area contributed by atoms with Gasteiger partial charge in [0, 0.05) is 5.56 Å². The summed E-state index contributed by atoms with van der Waals surface area (Å²) in [6.45, 7) is 2.33. The van der Waals surface area contributed by atoms with Gasteiger partial charge in [-0.3, -0.25) is 0 Å². The third-order valence-electron chi connectivity index (χ3n) is 1.95. The summed E-state index contributed by atoms with van der Waals surface area (Å²) in [4.78, 5) is 4.13. The molecule has 1 aromatic carbocycles. The van der Waals surface area contributed by atoms with Crippen LogP contribution in [-0.2, 0) is 6.54 Å². The van der Waals surface area contributed by atoms with E-state index in [1.165, 1.54) is 5.56 Å². The van der Waals surface area contributed by atoms with E-state index in [2.05, 4.69) is 10.1 Å². The molecule has 0 atom stereocenters. The van der Waals surface area contributed by atoms with Crippen molar-refractivity contribution in [1.82, 2.24) is 10.1 Å². The highest BCUT2D eigenvalue weighted by atomic mass is 35.5. The summed E-state index contributed by atoms with van der Waals surface area (Å²) in [6, 6.07) is 7.90. The van der Waals surface area contributed by atoms with Crippen LogP contribution in [0.1, 0.15) is 11.4 Å². The van der Waals surface area contributed by atoms with Crippen molar-refractivity contribution in [3.63, 3.8) is 0 Å². The van der Waals surface area contributed by atoms with E-state index in [1.54, 1.807) is 0 Å². The topological polar surface area (TPSA) is 64.9 Å². The number of halogens is 1. The molecule has 0 spiro atoms. The molecular weight excluding hydrogens is 214 g/mol. The lowest BCUT2D eigenvalue weighted by Gasteiger charge is -1.93. The minimum atomic E-state index is 0. The van der Waals surface area contributed by atoms with Gasteiger partial charge in [-0.2, -0.15) is 4.98 Å². The summed E-state index contributed by atoms with van der Waals surface area (Å²) < 4.78 is 5.04. The van der Waals surface area contributed by atoms with Crippen LogP contribution in [0.2, 0.25) is 0 Å². The van der Waals surface area contributed by atoms with Gasteiger partial charge in [0.25, 0.3) is 5.89 Å². The summed E-state index contributed by atoms with van der Waals surface area (Å²) >= 11 is 0. The second-order valence-corrected chi connectivity index (χ2v) is 3.09. The van der Waals surface area contributed by atoms with Crippen LogP contribution in [-0.4, -0.2) is 10.1 Å². The monoisotopic (exact) mass is 225 g/mol. The molecule has 15 heavy (non-hydrogen) atoms. The molecule has 0 unspecified atom stereocenters. The number of hydrogen-bond donors (Lipinski definition) is 1. The summed E-state index contributed by atoms with van der Waals surface area (Å²) in [7, 11) is 0. The molecule has 0 saturated carbocycles. The van der Waals surface area contributed by atoms with Crippen molar-refractivity contribution < 1.29 is 4.52 Å². The molecule has 2 N–H and O–H groups in total. The predicted octanol–water partition coefficient (Wildman–Crippen LogP) is 1.93. The van der Waals surface area contributed by atoms with Crippen molar-refractivity contribution in [2.75, 3.05) is 0 Å². The Bertz CT molecular complexity index is 424. The van der Waals surface area contributed by atoms with E-state index in [4.69, 9.17) is 10.3 Å². The molecule has 5 heteroatoms. The largest absolute Gasteiger partial charge is 0.334 e. The van der Waals surface area contributed by atoms with Crippen molar-refractivity contribution in [3.05, 3.63) is 35.7 Å². The lowest BCUT2D eigenvalue weighted by Crippen LogP contribution is -1.97. The van der Waals surface area contributed by atoms with Gasteiger partial charge in [-0.15, -0.1) is 12.4 Å². The molecular formula is C10H12ClN3O. The van der Waals surface area contributed by atoms with E-state index in [0.29, 0.717) is 18.3 Å². The molecule has 1 aromatic heterocycles. The van der Waals surface area contributed by atoms with Crippen LogP contribution >= 0.6 is 12.4 Å². The van der Waals surface area contributed by atoms with Gasteiger partial charge in [0.1, 0.15) is 0 Å². The second kappa shape index (κ2) is 4.91. The molecule has 2 aromatic rings. The third kappa shape index (κ3) is 2.55. The zero-order chi connectivity index (χ0) is 9.97. The van der Waals surface area contributed by atoms with E-state index in [-0.39, 0.29) is 12.4 Å². The van der Waals surface area contributed by atoms with Gasteiger partial charge in [0.2, 0.25) is 0 Å². The van der Waals surface area contributed by atoms with Crippen molar-refractivity contribution in [1.29, 1.82) is 0 Å². The first-order valence-corrected chi connectivity index (χ1v) is 4.39. The molecule has 80 valence electrons. The number of rotatable bonds is 2. The first kappa shape index (κ1) is 11.7. The van der Waals surface area contributed by atoms with Gasteiger partial charge in [-0.1, -0.05) is 22.9 Å². The Balaban J connectivity index is 0.00000112. The van der Waals surface area contributed by atoms with E-state index in [1.807, 2.05) is 31.2 Å². The fraction of sp³-hybridized carbons (Fsp3) is 0.200. The summed E-state index contributed by atoms with van der Waals surface area (Å²) in [6.07, 6.45) is 0. The van der Waals surface area contributed by atoms with Crippen LogP contribution in [0, 0.1) is 6.92 Å². The van der Waals surface area contributed by atoms with Crippen molar-refractivity contribution in [2.24, 2.45) is 5.73 Å². The van der Waals surface area contributed by atoms with E-state index < -0.39 is 0 Å². The Hall–Kier alpha value is -1.39. The summed E-state index contributed by atoms with van der Waals surface area (Å²) in [5.41, 5.74) is 7.50. The average molecular weight is 226 g/mol. The third-order valence-corrected chi connectivity index (χ3v) is 1.95. The van der Waals surface area contributed by atoms with Crippen LogP contribution in [0.3, 0.4) is 0 Å². The fourth-order valence-electron chi connectivity index (χ4n) is 1.15. The molecule has 4 nitrogen and oxygen atoms in total. The molecule has 0 aliphatic carbocycles. The smallest absolute Gasteiger partial charge is 0.257 e. The number of benzene rings is 1. The number of nitrogens with two attached hydrogens (primary N) is 1. The molecule has 0 bridgehead atoms. The van der Waals surface area contributed by atoms with Crippen LogP contribution < -0.4 is 5.73 Å². The SMILES string of the molecule is Cc1ccc(-c2nc(CN)no2)cc1.Cl. The highest BCUT2D eigenvalue weighted by molar-refractivity contribution is 5.85. The van der Waals surface area contributed by atoms with Gasteiger partial charge < -0.3 is 10.3 Å². The predicted molar refractivity (Wildman–Crippen MR) is 59.6 cm³/mol. The van der Waals surface area contributed by atoms with Crippen molar-refractivity contribution in [3.8, 4) is 11.5 Å². The Morgan fingerprint density at radius 1 is 1.27 bits per heavy atom. The first-order chi connectivity index (χ1) is 6.79. The maximum atomic E-state index is 5.38. The van der Waals surface area contributed by atoms with Crippen LogP contribution in [0.4, 0.5) is 0 Å². The first-order valence-electron chi connectivity index (χ1n) is 4.39. The van der Waals surface area contributed by atoms with Gasteiger partial charge in [-0.05, 0) is 19.1 Å². The van der Waals surface area contributed by atoms with Gasteiger partial charge >= 0.3 is 0 Å². The summed E-state index contributed by atoms with van der Waals surface area (Å²) in [5, 5.41) is 3.72. The zero-order valence-electron chi connectivity index (χ0n) is 8.30. The quantitative estimate of drug-likeness (QED) is 0.848. The molecule has 2 rings (SSSR count).